The standard InChI is InChI=1S/C8H15O5P/c1-4-7(5-2)6(3)8(9)13-14(10,11)12/h7H,3-5H2,1-2H3,(H2,10,11,12). The number of phosphoric ester groups is 1. The first-order chi connectivity index (χ1) is 6.31. The zero-order valence-electron chi connectivity index (χ0n) is 8.27. The van der Waals surface area contributed by atoms with E-state index in [0.29, 0.717) is 12.8 Å². The predicted molar refractivity (Wildman–Crippen MR) is 51.3 cm³/mol. The Balaban J connectivity index is 4.40. The molecule has 0 unspecified atom stereocenters. The van der Waals surface area contributed by atoms with E-state index in [-0.39, 0.29) is 11.5 Å². The smallest absolute Gasteiger partial charge is 0.367 e. The molecule has 0 radical (unpaired) electrons. The van der Waals surface area contributed by atoms with E-state index < -0.39 is 13.8 Å². The first kappa shape index (κ1) is 13.4. The summed E-state index contributed by atoms with van der Waals surface area (Å²) < 4.78 is 14.3. The Kier molecular flexibility index (Phi) is 5.05. The van der Waals surface area contributed by atoms with Crippen molar-refractivity contribution >= 4 is 13.8 Å². The largest absolute Gasteiger partial charge is 0.527 e. The van der Waals surface area contributed by atoms with Crippen LogP contribution in [0.5, 0.6) is 0 Å². The molecule has 0 saturated carbocycles. The van der Waals surface area contributed by atoms with Crippen LogP contribution in [0.25, 0.3) is 0 Å². The van der Waals surface area contributed by atoms with Gasteiger partial charge in [-0.05, 0) is 18.8 Å². The summed E-state index contributed by atoms with van der Waals surface area (Å²) in [6.07, 6.45) is 1.37. The highest BCUT2D eigenvalue weighted by Gasteiger charge is 2.25. The molecule has 0 aromatic heterocycles. The van der Waals surface area contributed by atoms with Crippen molar-refractivity contribution in [3.8, 4) is 0 Å². The Labute approximate surface area is 83.0 Å². The molecule has 82 valence electrons. The third-order valence-electron chi connectivity index (χ3n) is 1.94. The van der Waals surface area contributed by atoms with E-state index in [0.717, 1.165) is 0 Å². The maximum atomic E-state index is 11.1. The van der Waals surface area contributed by atoms with E-state index in [2.05, 4.69) is 11.1 Å². The molecule has 0 rings (SSSR count). The van der Waals surface area contributed by atoms with Gasteiger partial charge in [-0.25, -0.2) is 9.36 Å². The van der Waals surface area contributed by atoms with Gasteiger partial charge in [0.25, 0.3) is 0 Å². The molecular formula is C8H15O5P. The molecule has 0 spiro atoms. The number of rotatable bonds is 5. The van der Waals surface area contributed by atoms with Crippen LogP contribution in [-0.2, 0) is 13.9 Å². The molecule has 0 amide bonds. The van der Waals surface area contributed by atoms with Crippen molar-refractivity contribution in [1.29, 1.82) is 0 Å². The highest BCUT2D eigenvalue weighted by molar-refractivity contribution is 7.46. The molecule has 0 atom stereocenters. The van der Waals surface area contributed by atoms with Gasteiger partial charge in [0.2, 0.25) is 0 Å². The molecule has 0 bridgehead atoms. The quantitative estimate of drug-likeness (QED) is 0.545. The lowest BCUT2D eigenvalue weighted by atomic mass is 9.95. The number of phosphoric acid groups is 1. The predicted octanol–water partition coefficient (Wildman–Crippen LogP) is 1.61. The maximum absolute atomic E-state index is 11.1. The van der Waals surface area contributed by atoms with Gasteiger partial charge in [-0.1, -0.05) is 20.4 Å². The van der Waals surface area contributed by atoms with E-state index in [1.165, 1.54) is 0 Å². The normalized spacial score (nSPS) is 11.5. The van der Waals surface area contributed by atoms with Crippen LogP contribution in [0.1, 0.15) is 26.7 Å². The summed E-state index contributed by atoms with van der Waals surface area (Å²) in [6, 6.07) is 0. The van der Waals surface area contributed by atoms with Crippen molar-refractivity contribution in [1.82, 2.24) is 0 Å². The topological polar surface area (TPSA) is 83.8 Å². The molecule has 0 saturated heterocycles. The van der Waals surface area contributed by atoms with Gasteiger partial charge in [-0.3, -0.25) is 9.79 Å². The van der Waals surface area contributed by atoms with Gasteiger partial charge in [-0.15, -0.1) is 0 Å². The zero-order valence-corrected chi connectivity index (χ0v) is 9.16. The van der Waals surface area contributed by atoms with Crippen molar-refractivity contribution in [2.45, 2.75) is 26.7 Å². The lowest BCUT2D eigenvalue weighted by Crippen LogP contribution is -2.13. The Morgan fingerprint density at radius 3 is 2.14 bits per heavy atom. The monoisotopic (exact) mass is 222 g/mol. The number of carbonyl (C=O) groups is 1. The highest BCUT2D eigenvalue weighted by atomic mass is 31.2. The molecule has 0 aliphatic heterocycles. The first-order valence-corrected chi connectivity index (χ1v) is 5.83. The molecule has 14 heavy (non-hydrogen) atoms. The van der Waals surface area contributed by atoms with Gasteiger partial charge in [0.15, 0.2) is 0 Å². The summed E-state index contributed by atoms with van der Waals surface area (Å²) in [5.74, 6) is -1.11. The van der Waals surface area contributed by atoms with E-state index in [1.54, 1.807) is 0 Å². The van der Waals surface area contributed by atoms with Gasteiger partial charge < -0.3 is 4.52 Å². The van der Waals surface area contributed by atoms with Gasteiger partial charge in [0.1, 0.15) is 0 Å². The van der Waals surface area contributed by atoms with Crippen molar-refractivity contribution in [2.24, 2.45) is 5.92 Å². The fraction of sp³-hybridized carbons (Fsp3) is 0.625. The van der Waals surface area contributed by atoms with Crippen LogP contribution in [0.15, 0.2) is 12.2 Å². The van der Waals surface area contributed by atoms with Crippen LogP contribution < -0.4 is 0 Å². The van der Waals surface area contributed by atoms with Gasteiger partial charge in [0.05, 0.1) is 0 Å². The molecule has 6 heteroatoms. The van der Waals surface area contributed by atoms with Crippen molar-refractivity contribution in [2.75, 3.05) is 0 Å². The fourth-order valence-electron chi connectivity index (χ4n) is 1.11. The van der Waals surface area contributed by atoms with E-state index in [4.69, 9.17) is 9.79 Å². The van der Waals surface area contributed by atoms with Crippen LogP contribution in [0.2, 0.25) is 0 Å². The molecule has 0 aliphatic rings. The second-order valence-electron chi connectivity index (χ2n) is 2.91. The summed E-state index contributed by atoms with van der Waals surface area (Å²) in [7, 11) is -4.75. The third-order valence-corrected chi connectivity index (χ3v) is 2.35. The Morgan fingerprint density at radius 1 is 1.43 bits per heavy atom. The minimum absolute atomic E-state index is 0.0888. The van der Waals surface area contributed by atoms with Crippen molar-refractivity contribution < 1.29 is 23.7 Å². The fourth-order valence-corrected chi connectivity index (χ4v) is 1.45. The lowest BCUT2D eigenvalue weighted by Gasteiger charge is -2.14. The van der Waals surface area contributed by atoms with Crippen LogP contribution in [-0.4, -0.2) is 15.8 Å². The number of hydrogen-bond donors (Lipinski definition) is 2. The lowest BCUT2D eigenvalue weighted by molar-refractivity contribution is -0.132. The van der Waals surface area contributed by atoms with E-state index in [1.807, 2.05) is 13.8 Å². The molecular weight excluding hydrogens is 207 g/mol. The van der Waals surface area contributed by atoms with Crippen LogP contribution in [0.4, 0.5) is 0 Å². The molecule has 0 fully saturated rings. The second-order valence-corrected chi connectivity index (χ2v) is 4.07. The summed E-state index contributed by atoms with van der Waals surface area (Å²) in [4.78, 5) is 27.9. The minimum atomic E-state index is -4.75. The third kappa shape index (κ3) is 4.56. The van der Waals surface area contributed by atoms with Crippen LogP contribution in [0, 0.1) is 5.92 Å². The summed E-state index contributed by atoms with van der Waals surface area (Å²) in [6.45, 7) is 7.19. The SMILES string of the molecule is C=C(C(=O)OP(=O)(O)O)C(CC)CC. The van der Waals surface area contributed by atoms with Crippen LogP contribution in [0.3, 0.4) is 0 Å². The zero-order chi connectivity index (χ0) is 11.4. The average Bonchev–Trinajstić information content (AvgIpc) is 2.03. The van der Waals surface area contributed by atoms with Crippen molar-refractivity contribution in [3.05, 3.63) is 12.2 Å². The summed E-state index contributed by atoms with van der Waals surface area (Å²) >= 11 is 0. The maximum Gasteiger partial charge on any atom is 0.527 e. The van der Waals surface area contributed by atoms with Gasteiger partial charge >= 0.3 is 13.8 Å². The van der Waals surface area contributed by atoms with E-state index >= 15 is 0 Å². The Hall–Kier alpha value is -0.640. The molecule has 0 heterocycles. The molecule has 5 nitrogen and oxygen atoms in total. The second kappa shape index (κ2) is 5.29. The Bertz CT molecular complexity index is 263. The minimum Gasteiger partial charge on any atom is -0.367 e. The number of carbonyl (C=O) groups excluding carboxylic acids is 1. The molecule has 0 aromatic carbocycles. The van der Waals surface area contributed by atoms with Gasteiger partial charge in [0, 0.05) is 5.57 Å². The molecule has 2 N–H and O–H groups in total. The first-order valence-electron chi connectivity index (χ1n) is 4.30. The van der Waals surface area contributed by atoms with Crippen LogP contribution >= 0.6 is 7.82 Å². The average molecular weight is 222 g/mol. The summed E-state index contributed by atoms with van der Waals surface area (Å²) in [5, 5.41) is 0. The Morgan fingerprint density at radius 2 is 1.86 bits per heavy atom. The molecule has 0 aliphatic carbocycles. The summed E-state index contributed by atoms with van der Waals surface area (Å²) in [5.41, 5.74) is 0.110. The highest BCUT2D eigenvalue weighted by Crippen LogP contribution is 2.37. The van der Waals surface area contributed by atoms with E-state index in [9.17, 15) is 9.36 Å². The van der Waals surface area contributed by atoms with Crippen molar-refractivity contribution in [3.63, 3.8) is 0 Å². The number of hydrogen-bond acceptors (Lipinski definition) is 3. The van der Waals surface area contributed by atoms with Gasteiger partial charge in [-0.2, -0.15) is 0 Å². The molecule has 0 aromatic rings.